The maximum absolute atomic E-state index is 12.1. The van der Waals surface area contributed by atoms with Crippen LogP contribution in [0.1, 0.15) is 32.6 Å². The monoisotopic (exact) mass is 351 g/mol. The highest BCUT2D eigenvalue weighted by Gasteiger charge is 2.42. The summed E-state index contributed by atoms with van der Waals surface area (Å²) < 4.78 is 0. The Morgan fingerprint density at radius 3 is 2.72 bits per heavy atom. The molecule has 3 N–H and O–H groups in total. The molecule has 9 nitrogen and oxygen atoms in total. The fraction of sp³-hybridized carbons (Fsp3) is 0.750. The van der Waals surface area contributed by atoms with Crippen LogP contribution in [0.4, 0.5) is 9.59 Å². The predicted molar refractivity (Wildman–Crippen MR) is 88.6 cm³/mol. The molecule has 0 radical (unpaired) electrons. The number of hydrogen-bond donors (Lipinski definition) is 3. The zero-order valence-corrected chi connectivity index (χ0v) is 14.4. The third-order valence-electron chi connectivity index (χ3n) is 5.31. The molecule has 1 saturated carbocycles. The average Bonchev–Trinajstić information content (AvgIpc) is 2.83. The third kappa shape index (κ3) is 4.09. The van der Waals surface area contributed by atoms with Crippen molar-refractivity contribution in [2.75, 3.05) is 26.2 Å². The quantitative estimate of drug-likeness (QED) is 0.601. The number of amides is 6. The van der Waals surface area contributed by atoms with Crippen LogP contribution < -0.4 is 16.0 Å². The summed E-state index contributed by atoms with van der Waals surface area (Å²) in [5.74, 6) is -0.320. The van der Waals surface area contributed by atoms with E-state index in [0.29, 0.717) is 25.6 Å². The molecule has 138 valence electrons. The van der Waals surface area contributed by atoms with Gasteiger partial charge in [0.25, 0.3) is 5.91 Å². The van der Waals surface area contributed by atoms with Crippen LogP contribution in [0.15, 0.2) is 0 Å². The number of rotatable bonds is 3. The minimum Gasteiger partial charge on any atom is -0.335 e. The van der Waals surface area contributed by atoms with Crippen LogP contribution in [-0.2, 0) is 9.59 Å². The highest BCUT2D eigenvalue weighted by Crippen LogP contribution is 2.23. The lowest BCUT2D eigenvalue weighted by molar-refractivity contribution is -0.125. The first kappa shape index (κ1) is 17.7. The predicted octanol–water partition coefficient (Wildman–Crippen LogP) is -0.373. The van der Waals surface area contributed by atoms with E-state index in [2.05, 4.69) is 22.9 Å². The van der Waals surface area contributed by atoms with Gasteiger partial charge in [0.2, 0.25) is 5.91 Å². The number of hydrogen-bond acceptors (Lipinski definition) is 5. The second kappa shape index (κ2) is 7.38. The summed E-state index contributed by atoms with van der Waals surface area (Å²) in [5.41, 5.74) is 0. The van der Waals surface area contributed by atoms with Gasteiger partial charge in [-0.25, -0.2) is 9.59 Å². The lowest BCUT2D eigenvalue weighted by Crippen LogP contribution is -2.56. The van der Waals surface area contributed by atoms with E-state index in [1.54, 1.807) is 4.90 Å². The Morgan fingerprint density at radius 2 is 1.96 bits per heavy atom. The molecule has 25 heavy (non-hydrogen) atoms. The van der Waals surface area contributed by atoms with Gasteiger partial charge in [0.05, 0.1) is 6.54 Å². The van der Waals surface area contributed by atoms with Crippen LogP contribution in [0.5, 0.6) is 0 Å². The summed E-state index contributed by atoms with van der Waals surface area (Å²) in [7, 11) is 0. The molecule has 0 aromatic rings. The van der Waals surface area contributed by atoms with Crippen LogP contribution in [0, 0.1) is 5.92 Å². The molecule has 0 unspecified atom stereocenters. The van der Waals surface area contributed by atoms with E-state index in [0.717, 1.165) is 19.3 Å². The number of urea groups is 2. The topological polar surface area (TPSA) is 111 Å². The van der Waals surface area contributed by atoms with Gasteiger partial charge >= 0.3 is 12.1 Å². The molecule has 9 heteroatoms. The van der Waals surface area contributed by atoms with E-state index in [1.807, 2.05) is 0 Å². The number of fused-ring (bicyclic) bond motifs is 1. The van der Waals surface area contributed by atoms with Crippen molar-refractivity contribution in [2.24, 2.45) is 5.92 Å². The lowest BCUT2D eigenvalue weighted by atomic mass is 9.86. The number of imide groups is 2. The van der Waals surface area contributed by atoms with Gasteiger partial charge in [-0.3, -0.25) is 25.1 Å². The Bertz CT molecular complexity index is 581. The molecule has 3 atom stereocenters. The van der Waals surface area contributed by atoms with Crippen molar-refractivity contribution in [1.82, 2.24) is 25.8 Å². The molecule has 0 aromatic heterocycles. The normalized spacial score (nSPS) is 29.8. The highest BCUT2D eigenvalue weighted by atomic mass is 16.2. The Hall–Kier alpha value is -2.16. The van der Waals surface area contributed by atoms with E-state index < -0.39 is 18.0 Å². The maximum atomic E-state index is 12.1. The number of carbonyl (C=O) groups is 4. The zero-order valence-electron chi connectivity index (χ0n) is 14.4. The second-order valence-electron chi connectivity index (χ2n) is 7.13. The average molecular weight is 351 g/mol. The lowest BCUT2D eigenvalue weighted by Gasteiger charge is -2.34. The summed E-state index contributed by atoms with van der Waals surface area (Å²) in [6, 6.07) is -1.28. The minimum atomic E-state index is -0.550. The van der Waals surface area contributed by atoms with Crippen LogP contribution in [0.3, 0.4) is 0 Å². The zero-order chi connectivity index (χ0) is 18.0. The van der Waals surface area contributed by atoms with Crippen molar-refractivity contribution in [3.8, 4) is 0 Å². The largest absolute Gasteiger partial charge is 0.335 e. The standard InChI is InChI=1S/C16H25N5O4/c1-10-4-2-3-5-11(10)17-15(24)18-13(22)9-20-6-7-21-12(8-20)14(23)19-16(21)25/h10-12H,2-9H2,1H3,(H,19,23,25)(H2,17,18,22,24)/t10-,11-,12-/m1/s1. The molecule has 2 saturated heterocycles. The van der Waals surface area contributed by atoms with Crippen molar-refractivity contribution < 1.29 is 19.2 Å². The number of carbonyl (C=O) groups excluding carboxylic acids is 4. The molecule has 3 fully saturated rings. The first-order chi connectivity index (χ1) is 11.9. The van der Waals surface area contributed by atoms with Gasteiger partial charge in [0.15, 0.2) is 0 Å². The molecule has 6 amide bonds. The molecule has 1 aliphatic carbocycles. The van der Waals surface area contributed by atoms with Gasteiger partial charge in [0.1, 0.15) is 6.04 Å². The fourth-order valence-corrected chi connectivity index (χ4v) is 3.82. The fourth-order valence-electron chi connectivity index (χ4n) is 3.82. The van der Waals surface area contributed by atoms with E-state index >= 15 is 0 Å². The molecule has 2 heterocycles. The number of nitrogens with zero attached hydrogens (tertiary/aromatic N) is 2. The summed E-state index contributed by atoms with van der Waals surface area (Å²) in [4.78, 5) is 50.6. The molecule has 0 bridgehead atoms. The molecular formula is C16H25N5O4. The van der Waals surface area contributed by atoms with Gasteiger partial charge in [-0.05, 0) is 18.8 Å². The van der Waals surface area contributed by atoms with Crippen molar-refractivity contribution in [2.45, 2.75) is 44.7 Å². The number of nitrogens with one attached hydrogen (secondary N) is 3. The van der Waals surface area contributed by atoms with Gasteiger partial charge in [-0.2, -0.15) is 0 Å². The summed E-state index contributed by atoms with van der Waals surface area (Å²) >= 11 is 0. The molecule has 0 aromatic carbocycles. The smallest absolute Gasteiger partial charge is 0.324 e. The van der Waals surface area contributed by atoms with Crippen molar-refractivity contribution in [3.05, 3.63) is 0 Å². The van der Waals surface area contributed by atoms with Crippen LogP contribution in [-0.4, -0.2) is 71.9 Å². The highest BCUT2D eigenvalue weighted by molar-refractivity contribution is 6.04. The van der Waals surface area contributed by atoms with Crippen molar-refractivity contribution in [1.29, 1.82) is 0 Å². The summed E-state index contributed by atoms with van der Waals surface area (Å²) in [6.45, 7) is 3.32. The van der Waals surface area contributed by atoms with Crippen molar-refractivity contribution >= 4 is 23.9 Å². The van der Waals surface area contributed by atoms with Gasteiger partial charge in [0, 0.05) is 25.7 Å². The summed E-state index contributed by atoms with van der Waals surface area (Å²) in [6.07, 6.45) is 4.31. The molecule has 3 aliphatic rings. The minimum absolute atomic E-state index is 0.0272. The molecule has 3 rings (SSSR count). The van der Waals surface area contributed by atoms with Gasteiger partial charge < -0.3 is 10.2 Å². The van der Waals surface area contributed by atoms with E-state index in [1.165, 1.54) is 11.3 Å². The van der Waals surface area contributed by atoms with E-state index in [9.17, 15) is 19.2 Å². The first-order valence-corrected chi connectivity index (χ1v) is 8.88. The second-order valence-corrected chi connectivity index (χ2v) is 7.13. The van der Waals surface area contributed by atoms with Gasteiger partial charge in [-0.15, -0.1) is 0 Å². The van der Waals surface area contributed by atoms with E-state index in [4.69, 9.17) is 0 Å². The first-order valence-electron chi connectivity index (χ1n) is 8.88. The number of piperazine rings is 1. The Kier molecular flexibility index (Phi) is 5.22. The molecule has 0 spiro atoms. The molecule has 2 aliphatic heterocycles. The van der Waals surface area contributed by atoms with Crippen LogP contribution >= 0.6 is 0 Å². The Morgan fingerprint density at radius 1 is 1.20 bits per heavy atom. The van der Waals surface area contributed by atoms with Crippen molar-refractivity contribution in [3.63, 3.8) is 0 Å². The Balaban J connectivity index is 1.44. The van der Waals surface area contributed by atoms with Gasteiger partial charge in [-0.1, -0.05) is 19.8 Å². The summed E-state index contributed by atoms with van der Waals surface area (Å²) in [5, 5.41) is 7.51. The maximum Gasteiger partial charge on any atom is 0.324 e. The van der Waals surface area contributed by atoms with Crippen LogP contribution in [0.25, 0.3) is 0 Å². The Labute approximate surface area is 146 Å². The van der Waals surface area contributed by atoms with E-state index in [-0.39, 0.29) is 24.5 Å². The SMILES string of the molecule is C[C@@H]1CCCC[C@H]1NC(=O)NC(=O)CN1CCN2C(=O)NC(=O)[C@H]2C1. The third-order valence-corrected chi connectivity index (χ3v) is 5.31. The molecular weight excluding hydrogens is 326 g/mol. The van der Waals surface area contributed by atoms with Crippen LogP contribution in [0.2, 0.25) is 0 Å².